The van der Waals surface area contributed by atoms with Gasteiger partial charge in [0, 0.05) is 31.5 Å². The normalized spacial score (nSPS) is 13.3. The van der Waals surface area contributed by atoms with Gasteiger partial charge in [0.25, 0.3) is 0 Å². The van der Waals surface area contributed by atoms with Gasteiger partial charge in [0.2, 0.25) is 0 Å². The Balaban J connectivity index is 1.99. The maximum Gasteiger partial charge on any atom is 0.115 e. The highest BCUT2D eigenvalue weighted by Crippen LogP contribution is 2.21. The summed E-state index contributed by atoms with van der Waals surface area (Å²) < 4.78 is 2.10. The largest absolute Gasteiger partial charge is 0.508 e. The predicted octanol–water partition coefficient (Wildman–Crippen LogP) is 2.79. The number of aromatic hydroxyl groups is 1. The van der Waals surface area contributed by atoms with Crippen LogP contribution in [-0.4, -0.2) is 20.7 Å². The molecule has 1 unspecified atom stereocenters. The number of imidazole rings is 1. The van der Waals surface area contributed by atoms with Gasteiger partial charge in [-0.1, -0.05) is 32.9 Å². The Bertz CT molecular complexity index is 512. The summed E-state index contributed by atoms with van der Waals surface area (Å²) in [4.78, 5) is 4.09. The van der Waals surface area contributed by atoms with Crippen molar-refractivity contribution in [2.75, 3.05) is 0 Å². The third-order valence-corrected chi connectivity index (χ3v) is 3.49. The Morgan fingerprint density at radius 1 is 1.25 bits per heavy atom. The molecule has 0 aliphatic carbocycles. The number of benzene rings is 1. The van der Waals surface area contributed by atoms with Gasteiger partial charge in [-0.2, -0.15) is 0 Å². The molecule has 1 atom stereocenters. The molecule has 2 N–H and O–H groups in total. The molecule has 4 heteroatoms. The summed E-state index contributed by atoms with van der Waals surface area (Å²) in [7, 11) is 0. The second-order valence-corrected chi connectivity index (χ2v) is 6.23. The highest BCUT2D eigenvalue weighted by Gasteiger charge is 2.24. The van der Waals surface area contributed by atoms with Crippen molar-refractivity contribution >= 4 is 0 Å². The minimum absolute atomic E-state index is 0.154. The summed E-state index contributed by atoms with van der Waals surface area (Å²) in [5.41, 5.74) is 1.32. The third-order valence-electron chi connectivity index (χ3n) is 3.49. The van der Waals surface area contributed by atoms with Gasteiger partial charge in [-0.05, 0) is 23.1 Å². The first-order valence-corrected chi connectivity index (χ1v) is 6.92. The Morgan fingerprint density at radius 3 is 2.50 bits per heavy atom. The van der Waals surface area contributed by atoms with Gasteiger partial charge in [-0.25, -0.2) is 4.98 Å². The molecular formula is C16H23N3O. The van der Waals surface area contributed by atoms with Crippen LogP contribution in [0.2, 0.25) is 0 Å². The molecule has 2 rings (SSSR count). The molecule has 108 valence electrons. The number of hydrogen-bond donors (Lipinski definition) is 2. The standard InChI is InChI=1S/C16H23N3O/c1-16(2,3)15(11-19-9-8-17-12-19)18-10-13-4-6-14(20)7-5-13/h4-9,12,15,18,20H,10-11H2,1-3H3. The van der Waals surface area contributed by atoms with Crippen LogP contribution >= 0.6 is 0 Å². The summed E-state index contributed by atoms with van der Waals surface area (Å²) in [6.45, 7) is 8.38. The van der Waals surface area contributed by atoms with Crippen molar-refractivity contribution in [3.63, 3.8) is 0 Å². The average Bonchev–Trinajstić information content (AvgIpc) is 2.88. The smallest absolute Gasteiger partial charge is 0.115 e. The Labute approximate surface area is 120 Å². The van der Waals surface area contributed by atoms with Gasteiger partial charge in [-0.15, -0.1) is 0 Å². The summed E-state index contributed by atoms with van der Waals surface area (Å²) in [6, 6.07) is 7.67. The molecular weight excluding hydrogens is 250 g/mol. The van der Waals surface area contributed by atoms with Crippen LogP contribution in [0.15, 0.2) is 43.0 Å². The lowest BCUT2D eigenvalue weighted by Crippen LogP contribution is -2.42. The van der Waals surface area contributed by atoms with Crippen LogP contribution in [0.1, 0.15) is 26.3 Å². The minimum Gasteiger partial charge on any atom is -0.508 e. The lowest BCUT2D eigenvalue weighted by atomic mass is 9.86. The van der Waals surface area contributed by atoms with Crippen LogP contribution in [0.4, 0.5) is 0 Å². The zero-order chi connectivity index (χ0) is 14.6. The molecule has 0 aliphatic rings. The molecule has 0 radical (unpaired) electrons. The van der Waals surface area contributed by atoms with Gasteiger partial charge in [0.1, 0.15) is 5.75 Å². The molecule has 0 amide bonds. The number of phenols is 1. The molecule has 0 saturated carbocycles. The van der Waals surface area contributed by atoms with Crippen molar-refractivity contribution in [3.05, 3.63) is 48.5 Å². The van der Waals surface area contributed by atoms with E-state index >= 15 is 0 Å². The lowest BCUT2D eigenvalue weighted by Gasteiger charge is -2.32. The van der Waals surface area contributed by atoms with Crippen molar-refractivity contribution in [2.45, 2.75) is 39.9 Å². The second-order valence-electron chi connectivity index (χ2n) is 6.23. The maximum absolute atomic E-state index is 9.30. The third kappa shape index (κ3) is 4.10. The number of phenolic OH excluding ortho intramolecular Hbond substituents is 1. The fourth-order valence-corrected chi connectivity index (χ4v) is 2.10. The topological polar surface area (TPSA) is 50.1 Å². The number of rotatable bonds is 5. The summed E-state index contributed by atoms with van der Waals surface area (Å²) in [5.74, 6) is 0.305. The van der Waals surface area contributed by atoms with Crippen molar-refractivity contribution in [1.29, 1.82) is 0 Å². The Hall–Kier alpha value is -1.81. The van der Waals surface area contributed by atoms with Crippen LogP contribution < -0.4 is 5.32 Å². The molecule has 2 aromatic rings. The van der Waals surface area contributed by atoms with E-state index in [1.807, 2.05) is 24.7 Å². The van der Waals surface area contributed by atoms with Crippen molar-refractivity contribution in [3.8, 4) is 5.75 Å². The number of nitrogens with zero attached hydrogens (tertiary/aromatic N) is 2. The van der Waals surface area contributed by atoms with E-state index in [4.69, 9.17) is 0 Å². The highest BCUT2D eigenvalue weighted by molar-refractivity contribution is 5.25. The average molecular weight is 273 g/mol. The quantitative estimate of drug-likeness (QED) is 0.880. The fraction of sp³-hybridized carbons (Fsp3) is 0.438. The zero-order valence-corrected chi connectivity index (χ0v) is 12.4. The van der Waals surface area contributed by atoms with Crippen LogP contribution in [0, 0.1) is 5.41 Å². The zero-order valence-electron chi connectivity index (χ0n) is 12.4. The van der Waals surface area contributed by atoms with E-state index in [1.54, 1.807) is 18.3 Å². The number of aromatic nitrogens is 2. The first-order chi connectivity index (χ1) is 9.45. The Morgan fingerprint density at radius 2 is 1.95 bits per heavy atom. The Kier molecular flexibility index (Phi) is 4.45. The molecule has 0 aliphatic heterocycles. The predicted molar refractivity (Wildman–Crippen MR) is 80.4 cm³/mol. The van der Waals surface area contributed by atoms with E-state index in [1.165, 1.54) is 5.56 Å². The van der Waals surface area contributed by atoms with Crippen LogP contribution in [0.3, 0.4) is 0 Å². The first kappa shape index (κ1) is 14.6. The van der Waals surface area contributed by atoms with Crippen LogP contribution in [0.25, 0.3) is 0 Å². The maximum atomic E-state index is 9.30. The van der Waals surface area contributed by atoms with Gasteiger partial charge in [0.05, 0.1) is 6.33 Å². The fourth-order valence-electron chi connectivity index (χ4n) is 2.10. The highest BCUT2D eigenvalue weighted by atomic mass is 16.3. The number of hydrogen-bond acceptors (Lipinski definition) is 3. The van der Waals surface area contributed by atoms with Crippen molar-refractivity contribution < 1.29 is 5.11 Å². The number of nitrogens with one attached hydrogen (secondary N) is 1. The lowest BCUT2D eigenvalue weighted by molar-refractivity contribution is 0.240. The van der Waals surface area contributed by atoms with Crippen molar-refractivity contribution in [2.24, 2.45) is 5.41 Å². The molecule has 4 nitrogen and oxygen atoms in total. The van der Waals surface area contributed by atoms with Crippen molar-refractivity contribution in [1.82, 2.24) is 14.9 Å². The van der Waals surface area contributed by atoms with Gasteiger partial charge < -0.3 is 15.0 Å². The molecule has 0 fully saturated rings. The van der Waals surface area contributed by atoms with E-state index in [2.05, 4.69) is 35.6 Å². The monoisotopic (exact) mass is 273 g/mol. The SMILES string of the molecule is CC(C)(C)C(Cn1ccnc1)NCc1ccc(O)cc1. The van der Waals surface area contributed by atoms with Gasteiger partial charge in [0.15, 0.2) is 0 Å². The molecule has 20 heavy (non-hydrogen) atoms. The molecule has 0 bridgehead atoms. The van der Waals surface area contributed by atoms with E-state index in [-0.39, 0.29) is 5.41 Å². The van der Waals surface area contributed by atoms with Crippen LogP contribution in [-0.2, 0) is 13.1 Å². The molecule has 0 saturated heterocycles. The second kappa shape index (κ2) is 6.09. The molecule has 0 spiro atoms. The molecule has 1 aromatic carbocycles. The summed E-state index contributed by atoms with van der Waals surface area (Å²) in [6.07, 6.45) is 5.64. The van der Waals surface area contributed by atoms with E-state index in [0.717, 1.165) is 13.1 Å². The molecule has 1 heterocycles. The van der Waals surface area contributed by atoms with Crippen LogP contribution in [0.5, 0.6) is 5.75 Å². The van der Waals surface area contributed by atoms with E-state index in [0.29, 0.717) is 11.8 Å². The van der Waals surface area contributed by atoms with Gasteiger partial charge in [-0.3, -0.25) is 0 Å². The minimum atomic E-state index is 0.154. The summed E-state index contributed by atoms with van der Waals surface area (Å²) in [5, 5.41) is 12.9. The summed E-state index contributed by atoms with van der Waals surface area (Å²) >= 11 is 0. The van der Waals surface area contributed by atoms with E-state index < -0.39 is 0 Å². The first-order valence-electron chi connectivity index (χ1n) is 6.92. The van der Waals surface area contributed by atoms with Gasteiger partial charge >= 0.3 is 0 Å². The van der Waals surface area contributed by atoms with E-state index in [9.17, 15) is 5.11 Å². The molecule has 1 aromatic heterocycles.